The van der Waals surface area contributed by atoms with Crippen LogP contribution in [0.25, 0.3) is 0 Å². The van der Waals surface area contributed by atoms with Crippen LogP contribution in [0.5, 0.6) is 5.75 Å². The van der Waals surface area contributed by atoms with E-state index >= 15 is 0 Å². The van der Waals surface area contributed by atoms with Crippen molar-refractivity contribution in [3.8, 4) is 5.75 Å². The van der Waals surface area contributed by atoms with E-state index in [4.69, 9.17) is 4.74 Å². The summed E-state index contributed by atoms with van der Waals surface area (Å²) in [5.74, 6) is 1.03. The van der Waals surface area contributed by atoms with Gasteiger partial charge in [0.25, 0.3) is 0 Å². The lowest BCUT2D eigenvalue weighted by Gasteiger charge is -2.25. The van der Waals surface area contributed by atoms with Gasteiger partial charge in [0.05, 0.1) is 7.11 Å². The Kier molecular flexibility index (Phi) is 2.23. The molecule has 0 aliphatic carbocycles. The monoisotopic (exact) mass is 177 g/mol. The van der Waals surface area contributed by atoms with Gasteiger partial charge in [-0.15, -0.1) is 0 Å². The standard InChI is InChI=1S/C11H15NO/c1-8-9-4-3-5-11(13-2)10(9)6-7-12-8/h3-5,8,12H,6-7H2,1-2H3. The summed E-state index contributed by atoms with van der Waals surface area (Å²) in [7, 11) is 1.74. The Hall–Kier alpha value is -1.02. The SMILES string of the molecule is COc1cccc2c1CCNC2C. The van der Waals surface area contributed by atoms with Gasteiger partial charge in [-0.3, -0.25) is 0 Å². The molecule has 0 radical (unpaired) electrons. The van der Waals surface area contributed by atoms with Gasteiger partial charge < -0.3 is 10.1 Å². The van der Waals surface area contributed by atoms with E-state index in [0.29, 0.717) is 6.04 Å². The van der Waals surface area contributed by atoms with Crippen LogP contribution in [0.1, 0.15) is 24.1 Å². The molecule has 2 heteroatoms. The fraction of sp³-hybridized carbons (Fsp3) is 0.455. The molecule has 1 unspecified atom stereocenters. The average molecular weight is 177 g/mol. The van der Waals surface area contributed by atoms with Crippen molar-refractivity contribution < 1.29 is 4.74 Å². The predicted octanol–water partition coefficient (Wildman–Crippen LogP) is 1.90. The first kappa shape index (κ1) is 8.57. The average Bonchev–Trinajstić information content (AvgIpc) is 2.18. The molecule has 0 saturated carbocycles. The van der Waals surface area contributed by atoms with Gasteiger partial charge in [0.1, 0.15) is 5.75 Å². The van der Waals surface area contributed by atoms with Crippen LogP contribution >= 0.6 is 0 Å². The lowest BCUT2D eigenvalue weighted by molar-refractivity contribution is 0.402. The second kappa shape index (κ2) is 3.38. The molecule has 70 valence electrons. The van der Waals surface area contributed by atoms with E-state index in [1.54, 1.807) is 7.11 Å². The molecule has 0 bridgehead atoms. The van der Waals surface area contributed by atoms with Crippen molar-refractivity contribution in [3.05, 3.63) is 29.3 Å². The van der Waals surface area contributed by atoms with E-state index in [1.165, 1.54) is 11.1 Å². The number of nitrogens with one attached hydrogen (secondary N) is 1. The zero-order valence-electron chi connectivity index (χ0n) is 8.13. The summed E-state index contributed by atoms with van der Waals surface area (Å²) in [6, 6.07) is 6.73. The van der Waals surface area contributed by atoms with Gasteiger partial charge in [-0.1, -0.05) is 12.1 Å². The van der Waals surface area contributed by atoms with E-state index in [-0.39, 0.29) is 0 Å². The van der Waals surface area contributed by atoms with Crippen molar-refractivity contribution in [2.24, 2.45) is 0 Å². The molecule has 1 atom stereocenters. The smallest absolute Gasteiger partial charge is 0.122 e. The Balaban J connectivity index is 2.48. The number of rotatable bonds is 1. The predicted molar refractivity (Wildman–Crippen MR) is 53.1 cm³/mol. The Labute approximate surface area is 78.9 Å². The van der Waals surface area contributed by atoms with Crippen LogP contribution in [0.2, 0.25) is 0 Å². The lowest BCUT2D eigenvalue weighted by atomic mass is 9.94. The first-order valence-corrected chi connectivity index (χ1v) is 4.72. The fourth-order valence-electron chi connectivity index (χ4n) is 1.97. The largest absolute Gasteiger partial charge is 0.496 e. The fourth-order valence-corrected chi connectivity index (χ4v) is 1.97. The third-order valence-corrected chi connectivity index (χ3v) is 2.68. The number of hydrogen-bond donors (Lipinski definition) is 1. The molecule has 1 N–H and O–H groups in total. The molecule has 1 heterocycles. The molecule has 0 saturated heterocycles. The van der Waals surface area contributed by atoms with Gasteiger partial charge in [-0.05, 0) is 31.5 Å². The van der Waals surface area contributed by atoms with Gasteiger partial charge in [-0.25, -0.2) is 0 Å². The third kappa shape index (κ3) is 1.42. The number of methoxy groups -OCH3 is 1. The van der Waals surface area contributed by atoms with Crippen LogP contribution in [0, 0.1) is 0 Å². The number of benzene rings is 1. The van der Waals surface area contributed by atoms with Crippen molar-refractivity contribution in [1.29, 1.82) is 0 Å². The summed E-state index contributed by atoms with van der Waals surface area (Å²) in [6.07, 6.45) is 1.07. The number of ether oxygens (including phenoxy) is 1. The van der Waals surface area contributed by atoms with Crippen molar-refractivity contribution >= 4 is 0 Å². The molecule has 2 nitrogen and oxygen atoms in total. The van der Waals surface area contributed by atoms with Crippen molar-refractivity contribution in [2.45, 2.75) is 19.4 Å². The summed E-state index contributed by atoms with van der Waals surface area (Å²) in [5.41, 5.74) is 2.75. The highest BCUT2D eigenvalue weighted by molar-refractivity contribution is 5.43. The van der Waals surface area contributed by atoms with Crippen LogP contribution in [-0.2, 0) is 6.42 Å². The molecule has 0 amide bonds. The van der Waals surface area contributed by atoms with Crippen LogP contribution in [0.15, 0.2) is 18.2 Å². The van der Waals surface area contributed by atoms with E-state index in [1.807, 2.05) is 6.07 Å². The summed E-state index contributed by atoms with van der Waals surface area (Å²) in [5, 5.41) is 3.43. The Bertz CT molecular complexity index is 309. The third-order valence-electron chi connectivity index (χ3n) is 2.68. The molecule has 1 aliphatic rings. The molecule has 0 fully saturated rings. The molecule has 1 aromatic rings. The van der Waals surface area contributed by atoms with Gasteiger partial charge >= 0.3 is 0 Å². The summed E-state index contributed by atoms with van der Waals surface area (Å²) >= 11 is 0. The Morgan fingerprint density at radius 2 is 2.31 bits per heavy atom. The Morgan fingerprint density at radius 3 is 3.08 bits per heavy atom. The van der Waals surface area contributed by atoms with E-state index < -0.39 is 0 Å². The van der Waals surface area contributed by atoms with Crippen LogP contribution in [-0.4, -0.2) is 13.7 Å². The van der Waals surface area contributed by atoms with Gasteiger partial charge in [0.15, 0.2) is 0 Å². The first-order chi connectivity index (χ1) is 6.33. The first-order valence-electron chi connectivity index (χ1n) is 4.72. The molecular weight excluding hydrogens is 162 g/mol. The van der Waals surface area contributed by atoms with Crippen molar-refractivity contribution in [3.63, 3.8) is 0 Å². The maximum absolute atomic E-state index is 5.33. The van der Waals surface area contributed by atoms with Gasteiger partial charge in [0, 0.05) is 11.6 Å². The molecular formula is C11H15NO. The molecule has 2 rings (SSSR count). The molecule has 13 heavy (non-hydrogen) atoms. The minimum Gasteiger partial charge on any atom is -0.496 e. The normalized spacial score (nSPS) is 20.9. The quantitative estimate of drug-likeness (QED) is 0.707. The second-order valence-corrected chi connectivity index (χ2v) is 3.45. The van der Waals surface area contributed by atoms with Gasteiger partial charge in [-0.2, -0.15) is 0 Å². The maximum atomic E-state index is 5.33. The summed E-state index contributed by atoms with van der Waals surface area (Å²) in [6.45, 7) is 3.24. The Morgan fingerprint density at radius 1 is 1.46 bits per heavy atom. The van der Waals surface area contributed by atoms with Crippen molar-refractivity contribution in [2.75, 3.05) is 13.7 Å². The maximum Gasteiger partial charge on any atom is 0.122 e. The molecule has 0 aromatic heterocycles. The molecule has 1 aromatic carbocycles. The van der Waals surface area contributed by atoms with Crippen LogP contribution in [0.4, 0.5) is 0 Å². The van der Waals surface area contributed by atoms with Crippen molar-refractivity contribution in [1.82, 2.24) is 5.32 Å². The zero-order chi connectivity index (χ0) is 9.26. The lowest BCUT2D eigenvalue weighted by Crippen LogP contribution is -2.27. The minimum atomic E-state index is 0.457. The van der Waals surface area contributed by atoms with E-state index in [2.05, 4.69) is 24.4 Å². The molecule has 1 aliphatic heterocycles. The minimum absolute atomic E-state index is 0.457. The van der Waals surface area contributed by atoms with Gasteiger partial charge in [0.2, 0.25) is 0 Å². The highest BCUT2D eigenvalue weighted by Gasteiger charge is 2.17. The molecule has 0 spiro atoms. The van der Waals surface area contributed by atoms with Crippen LogP contribution in [0.3, 0.4) is 0 Å². The number of hydrogen-bond acceptors (Lipinski definition) is 2. The summed E-state index contributed by atoms with van der Waals surface area (Å²) < 4.78 is 5.33. The second-order valence-electron chi connectivity index (χ2n) is 3.45. The highest BCUT2D eigenvalue weighted by Crippen LogP contribution is 2.29. The van der Waals surface area contributed by atoms with E-state index in [0.717, 1.165) is 18.7 Å². The topological polar surface area (TPSA) is 21.3 Å². The summed E-state index contributed by atoms with van der Waals surface area (Å²) in [4.78, 5) is 0. The zero-order valence-corrected chi connectivity index (χ0v) is 8.13. The number of fused-ring (bicyclic) bond motifs is 1. The van der Waals surface area contributed by atoms with Crippen LogP contribution < -0.4 is 10.1 Å². The highest BCUT2D eigenvalue weighted by atomic mass is 16.5. The van der Waals surface area contributed by atoms with E-state index in [9.17, 15) is 0 Å².